The highest BCUT2D eigenvalue weighted by Crippen LogP contribution is 2.13. The van der Waals surface area contributed by atoms with E-state index in [-0.39, 0.29) is 17.8 Å². The molecule has 0 aliphatic carbocycles. The topological polar surface area (TPSA) is 114 Å². The third-order valence-electron chi connectivity index (χ3n) is 2.75. The van der Waals surface area contributed by atoms with Gasteiger partial charge in [0.05, 0.1) is 0 Å². The first-order chi connectivity index (χ1) is 9.23. The molecule has 0 saturated carbocycles. The highest BCUT2D eigenvalue weighted by molar-refractivity contribution is 5.97. The summed E-state index contributed by atoms with van der Waals surface area (Å²) in [5.74, 6) is -1.07. The molecule has 0 aliphatic heterocycles. The lowest BCUT2D eigenvalue weighted by Crippen LogP contribution is -2.42. The second-order valence-electron chi connectivity index (χ2n) is 5.21. The number of hydrogen-bond acceptors (Lipinski definition) is 4. The van der Waals surface area contributed by atoms with E-state index >= 15 is 0 Å². The van der Waals surface area contributed by atoms with Crippen LogP contribution in [-0.2, 0) is 11.3 Å². The van der Waals surface area contributed by atoms with Gasteiger partial charge in [-0.2, -0.15) is 0 Å². The average Bonchev–Trinajstić information content (AvgIpc) is 2.33. The molecule has 0 saturated heterocycles. The number of nitrogens with zero attached hydrogens (tertiary/aromatic N) is 1. The molecule has 6 N–H and O–H groups in total. The van der Waals surface area contributed by atoms with E-state index in [1.807, 2.05) is 13.8 Å². The number of amidine groups is 1. The molecule has 1 rings (SSSR count). The van der Waals surface area contributed by atoms with Gasteiger partial charge in [-0.15, -0.1) is 0 Å². The molecule has 20 heavy (non-hydrogen) atoms. The number of hydrogen-bond donors (Lipinski definition) is 4. The maximum absolute atomic E-state index is 13.5. The molecule has 0 aromatic heterocycles. The second-order valence-corrected chi connectivity index (χ2v) is 5.21. The molecule has 0 bridgehead atoms. The van der Waals surface area contributed by atoms with Crippen molar-refractivity contribution < 1.29 is 14.4 Å². The zero-order valence-electron chi connectivity index (χ0n) is 11.5. The van der Waals surface area contributed by atoms with E-state index in [0.717, 1.165) is 0 Å². The van der Waals surface area contributed by atoms with Crippen molar-refractivity contribution in [2.45, 2.75) is 32.4 Å². The minimum Gasteiger partial charge on any atom is -0.409 e. The van der Waals surface area contributed by atoms with Crippen LogP contribution >= 0.6 is 0 Å². The van der Waals surface area contributed by atoms with Gasteiger partial charge in [-0.1, -0.05) is 5.16 Å². The van der Waals surface area contributed by atoms with E-state index in [4.69, 9.17) is 16.7 Å². The SMILES string of the molecule is CC(C)(CC(N)=O)NCc1cc(F)cc(/C(N)=N/O)c1. The quantitative estimate of drug-likeness (QED) is 0.266. The summed E-state index contributed by atoms with van der Waals surface area (Å²) in [6.07, 6.45) is 0.162. The maximum Gasteiger partial charge on any atom is 0.219 e. The van der Waals surface area contributed by atoms with Gasteiger partial charge in [0, 0.05) is 24.1 Å². The average molecular weight is 282 g/mol. The van der Waals surface area contributed by atoms with Crippen LogP contribution in [-0.4, -0.2) is 22.5 Å². The number of benzene rings is 1. The van der Waals surface area contributed by atoms with Gasteiger partial charge in [0.1, 0.15) is 5.82 Å². The molecule has 0 aliphatic rings. The summed E-state index contributed by atoms with van der Waals surface area (Å²) in [7, 11) is 0. The molecular weight excluding hydrogens is 263 g/mol. The molecule has 1 aromatic carbocycles. The van der Waals surface area contributed by atoms with E-state index in [9.17, 15) is 9.18 Å². The Morgan fingerprint density at radius 3 is 2.60 bits per heavy atom. The van der Waals surface area contributed by atoms with Gasteiger partial charge in [-0.25, -0.2) is 4.39 Å². The Hall–Kier alpha value is -2.15. The molecule has 6 nitrogen and oxygen atoms in total. The van der Waals surface area contributed by atoms with Gasteiger partial charge in [-0.05, 0) is 37.6 Å². The minimum absolute atomic E-state index is 0.162. The van der Waals surface area contributed by atoms with Crippen LogP contribution in [0.2, 0.25) is 0 Å². The van der Waals surface area contributed by atoms with Crippen LogP contribution in [0.5, 0.6) is 0 Å². The number of halogens is 1. The van der Waals surface area contributed by atoms with Crippen molar-refractivity contribution in [2.24, 2.45) is 16.6 Å². The first-order valence-electron chi connectivity index (χ1n) is 6.04. The summed E-state index contributed by atoms with van der Waals surface area (Å²) >= 11 is 0. The van der Waals surface area contributed by atoms with E-state index in [1.165, 1.54) is 12.1 Å². The van der Waals surface area contributed by atoms with Crippen molar-refractivity contribution >= 4 is 11.7 Å². The summed E-state index contributed by atoms with van der Waals surface area (Å²) in [5, 5.41) is 14.5. The number of nitrogens with one attached hydrogen (secondary N) is 1. The first kappa shape index (κ1) is 15.9. The number of primary amides is 1. The standard InChI is InChI=1S/C13H19FN4O2/c1-13(2,6-11(15)19)17-7-8-3-9(12(16)18-20)5-10(14)4-8/h3-5,17,20H,6-7H2,1-2H3,(H2,15,19)(H2,16,18). The summed E-state index contributed by atoms with van der Waals surface area (Å²) < 4.78 is 13.5. The molecule has 0 atom stereocenters. The number of rotatable bonds is 6. The van der Waals surface area contributed by atoms with Crippen LogP contribution in [0.3, 0.4) is 0 Å². The van der Waals surface area contributed by atoms with Gasteiger partial charge in [0.25, 0.3) is 0 Å². The lowest BCUT2D eigenvalue weighted by Gasteiger charge is -2.25. The van der Waals surface area contributed by atoms with Crippen LogP contribution in [0.1, 0.15) is 31.4 Å². The fraction of sp³-hybridized carbons (Fsp3) is 0.385. The third kappa shape index (κ3) is 4.85. The number of amides is 1. The largest absolute Gasteiger partial charge is 0.409 e. The van der Waals surface area contributed by atoms with Crippen LogP contribution in [0.4, 0.5) is 4.39 Å². The molecule has 110 valence electrons. The normalized spacial score (nSPS) is 12.4. The van der Waals surface area contributed by atoms with Crippen molar-refractivity contribution in [3.05, 3.63) is 35.1 Å². The fourth-order valence-corrected chi connectivity index (χ4v) is 1.80. The summed E-state index contributed by atoms with van der Waals surface area (Å²) in [6, 6.07) is 4.11. The molecule has 0 fully saturated rings. The van der Waals surface area contributed by atoms with E-state index < -0.39 is 17.3 Å². The molecule has 0 heterocycles. The van der Waals surface area contributed by atoms with Crippen molar-refractivity contribution in [3.8, 4) is 0 Å². The molecular formula is C13H19FN4O2. The van der Waals surface area contributed by atoms with Crippen molar-refractivity contribution in [1.82, 2.24) is 5.32 Å². The number of carbonyl (C=O) groups excluding carboxylic acids is 1. The van der Waals surface area contributed by atoms with Crippen LogP contribution in [0, 0.1) is 5.82 Å². The molecule has 7 heteroatoms. The molecule has 0 unspecified atom stereocenters. The molecule has 0 radical (unpaired) electrons. The van der Waals surface area contributed by atoms with Gasteiger partial charge >= 0.3 is 0 Å². The summed E-state index contributed by atoms with van der Waals surface area (Å²) in [5.41, 5.74) is 11.0. The zero-order chi connectivity index (χ0) is 15.3. The number of oxime groups is 1. The van der Waals surface area contributed by atoms with Gasteiger partial charge in [0.2, 0.25) is 5.91 Å². The van der Waals surface area contributed by atoms with E-state index in [0.29, 0.717) is 12.1 Å². The summed E-state index contributed by atoms with van der Waals surface area (Å²) in [6.45, 7) is 3.97. The zero-order valence-corrected chi connectivity index (χ0v) is 11.5. The number of carbonyl (C=O) groups is 1. The van der Waals surface area contributed by atoms with Crippen LogP contribution in [0.25, 0.3) is 0 Å². The van der Waals surface area contributed by atoms with Crippen molar-refractivity contribution in [1.29, 1.82) is 0 Å². The van der Waals surface area contributed by atoms with Gasteiger partial charge in [-0.3, -0.25) is 4.79 Å². The Kier molecular flexibility index (Phi) is 5.04. The van der Waals surface area contributed by atoms with Crippen LogP contribution < -0.4 is 16.8 Å². The van der Waals surface area contributed by atoms with Crippen molar-refractivity contribution in [2.75, 3.05) is 0 Å². The van der Waals surface area contributed by atoms with Crippen molar-refractivity contribution in [3.63, 3.8) is 0 Å². The Bertz CT molecular complexity index is 529. The monoisotopic (exact) mass is 282 g/mol. The molecule has 0 spiro atoms. The third-order valence-corrected chi connectivity index (χ3v) is 2.75. The minimum atomic E-state index is -0.505. The summed E-state index contributed by atoms with van der Waals surface area (Å²) in [4.78, 5) is 10.9. The predicted octanol–water partition coefficient (Wildman–Crippen LogP) is 0.664. The van der Waals surface area contributed by atoms with E-state index in [2.05, 4.69) is 10.5 Å². The Morgan fingerprint density at radius 1 is 1.40 bits per heavy atom. The molecule has 1 aromatic rings. The van der Waals surface area contributed by atoms with Gasteiger partial charge in [0.15, 0.2) is 5.84 Å². The lowest BCUT2D eigenvalue weighted by molar-refractivity contribution is -0.119. The predicted molar refractivity (Wildman–Crippen MR) is 73.6 cm³/mol. The fourth-order valence-electron chi connectivity index (χ4n) is 1.80. The van der Waals surface area contributed by atoms with Gasteiger partial charge < -0.3 is 22.0 Å². The Labute approximate surface area is 116 Å². The smallest absolute Gasteiger partial charge is 0.219 e. The maximum atomic E-state index is 13.5. The van der Waals surface area contributed by atoms with E-state index in [1.54, 1.807) is 6.07 Å². The Balaban J connectivity index is 2.83. The highest BCUT2D eigenvalue weighted by atomic mass is 19.1. The first-order valence-corrected chi connectivity index (χ1v) is 6.04. The van der Waals surface area contributed by atoms with Crippen LogP contribution in [0.15, 0.2) is 23.4 Å². The Morgan fingerprint density at radius 2 is 2.05 bits per heavy atom. The lowest BCUT2D eigenvalue weighted by atomic mass is 9.99. The second kappa shape index (κ2) is 6.33. The molecule has 1 amide bonds. The highest BCUT2D eigenvalue weighted by Gasteiger charge is 2.19. The number of nitrogens with two attached hydrogens (primary N) is 2.